The Balaban J connectivity index is 1.02. The van der Waals surface area contributed by atoms with Gasteiger partial charge >= 0.3 is 0 Å². The van der Waals surface area contributed by atoms with Crippen molar-refractivity contribution < 1.29 is 0 Å². The second-order valence-corrected chi connectivity index (χ2v) is 22.4. The molecule has 0 unspecified atom stereocenters. The van der Waals surface area contributed by atoms with Gasteiger partial charge in [-0.2, -0.15) is 19.9 Å². The Morgan fingerprint density at radius 1 is 0.143 bits per heavy atom. The van der Waals surface area contributed by atoms with Gasteiger partial charge in [-0.15, -0.1) is 0 Å². The summed E-state index contributed by atoms with van der Waals surface area (Å²) in [6, 6.07) is 120. The van der Waals surface area contributed by atoms with E-state index in [4.69, 9.17) is 29.9 Å². The summed E-state index contributed by atoms with van der Waals surface area (Å²) in [7, 11) is 0. The molecule has 0 saturated heterocycles. The number of benzene rings is 13. The standard InChI is InChI=1S/C84H57N7/c1-10-28-58(29-11-1)66-46-67(59-30-12-2-13-31-59)51-74(50-66)79-85-80(75-52-68(60-32-14-3-15-33-60)47-69(53-75)61-34-16-4-17-35-61)88-83(87-79)91(78-44-26-9-27-45-78)84-89-81(76-54-70(62-36-18-5-19-37-62)48-71(55-76)63-38-20-6-21-39-63)86-82(90-84)77-56-72(64-40-22-7-23-41-64)49-73(57-77)65-42-24-8-25-43-65/h1-57H. The lowest BCUT2D eigenvalue weighted by Crippen LogP contribution is -2.19. The molecule has 91 heavy (non-hydrogen) atoms. The van der Waals surface area contributed by atoms with Crippen LogP contribution in [0.4, 0.5) is 17.6 Å². The van der Waals surface area contributed by atoms with Gasteiger partial charge in [-0.1, -0.05) is 261 Å². The fraction of sp³-hybridized carbons (Fsp3) is 0. The molecule has 0 aliphatic rings. The smallest absolute Gasteiger partial charge is 0.241 e. The van der Waals surface area contributed by atoms with Crippen molar-refractivity contribution in [2.24, 2.45) is 0 Å². The third-order valence-corrected chi connectivity index (χ3v) is 16.3. The largest absolute Gasteiger partial charge is 0.246 e. The van der Waals surface area contributed by atoms with Gasteiger partial charge in [-0.3, -0.25) is 0 Å². The van der Waals surface area contributed by atoms with Crippen LogP contribution in [-0.2, 0) is 0 Å². The van der Waals surface area contributed by atoms with Crippen LogP contribution in [0.25, 0.3) is 135 Å². The van der Waals surface area contributed by atoms with Crippen molar-refractivity contribution in [2.75, 3.05) is 4.90 Å². The van der Waals surface area contributed by atoms with Crippen LogP contribution in [-0.4, -0.2) is 29.9 Å². The average Bonchev–Trinajstić information content (AvgIpc) is 1.19. The molecule has 0 saturated carbocycles. The molecule has 428 valence electrons. The minimum Gasteiger partial charge on any atom is -0.246 e. The van der Waals surface area contributed by atoms with E-state index in [1.807, 2.05) is 83.8 Å². The van der Waals surface area contributed by atoms with Gasteiger partial charge in [0.05, 0.1) is 5.69 Å². The topological polar surface area (TPSA) is 80.6 Å². The van der Waals surface area contributed by atoms with Crippen LogP contribution < -0.4 is 4.90 Å². The number of rotatable bonds is 15. The number of aromatic nitrogens is 6. The maximum Gasteiger partial charge on any atom is 0.241 e. The van der Waals surface area contributed by atoms with Crippen molar-refractivity contribution in [2.45, 2.75) is 0 Å². The minimum atomic E-state index is 0.304. The van der Waals surface area contributed by atoms with E-state index in [1.165, 1.54) is 0 Å². The summed E-state index contributed by atoms with van der Waals surface area (Å²) in [5.41, 5.74) is 20.6. The Kier molecular flexibility index (Phi) is 15.3. The number of anilines is 3. The van der Waals surface area contributed by atoms with Crippen LogP contribution in [0.15, 0.2) is 346 Å². The Labute approximate surface area is 529 Å². The summed E-state index contributed by atoms with van der Waals surface area (Å²) in [5.74, 6) is 2.45. The normalized spacial score (nSPS) is 11.1. The van der Waals surface area contributed by atoms with Crippen LogP contribution in [0.5, 0.6) is 0 Å². The number of hydrogen-bond donors (Lipinski definition) is 0. The predicted octanol–water partition coefficient (Wildman–Crippen LogP) is 21.5. The monoisotopic (exact) mass is 1160 g/mol. The molecule has 0 aliphatic carbocycles. The first-order chi connectivity index (χ1) is 45.0. The molecular weight excluding hydrogens is 1110 g/mol. The fourth-order valence-corrected chi connectivity index (χ4v) is 11.7. The molecule has 15 rings (SSSR count). The second-order valence-electron chi connectivity index (χ2n) is 22.4. The van der Waals surface area contributed by atoms with Crippen molar-refractivity contribution in [1.29, 1.82) is 0 Å². The molecule has 2 aromatic heterocycles. The average molecular weight is 1160 g/mol. The Morgan fingerprint density at radius 3 is 0.473 bits per heavy atom. The van der Waals surface area contributed by atoms with Gasteiger partial charge < -0.3 is 0 Å². The van der Waals surface area contributed by atoms with E-state index in [1.54, 1.807) is 0 Å². The number of nitrogens with zero attached hydrogens (tertiary/aromatic N) is 7. The Morgan fingerprint density at radius 2 is 0.297 bits per heavy atom. The third kappa shape index (κ3) is 12.1. The molecule has 7 nitrogen and oxygen atoms in total. The van der Waals surface area contributed by atoms with Crippen molar-refractivity contribution in [3.8, 4) is 135 Å². The summed E-state index contributed by atoms with van der Waals surface area (Å²) < 4.78 is 0. The van der Waals surface area contributed by atoms with E-state index in [0.29, 0.717) is 35.2 Å². The highest BCUT2D eigenvalue weighted by molar-refractivity contribution is 5.86. The van der Waals surface area contributed by atoms with Gasteiger partial charge in [0.15, 0.2) is 23.3 Å². The van der Waals surface area contributed by atoms with E-state index in [0.717, 1.165) is 117 Å². The highest BCUT2D eigenvalue weighted by Gasteiger charge is 2.26. The second kappa shape index (κ2) is 25.2. The van der Waals surface area contributed by atoms with Crippen LogP contribution in [0.2, 0.25) is 0 Å². The molecule has 7 heteroatoms. The van der Waals surface area contributed by atoms with Gasteiger partial charge in [0.1, 0.15) is 0 Å². The predicted molar refractivity (Wildman–Crippen MR) is 373 cm³/mol. The van der Waals surface area contributed by atoms with Crippen molar-refractivity contribution >= 4 is 17.6 Å². The molecule has 0 N–H and O–H groups in total. The first kappa shape index (κ1) is 55.3. The Hall–Kier alpha value is -12.3. The molecule has 0 spiro atoms. The maximum atomic E-state index is 5.64. The van der Waals surface area contributed by atoms with E-state index in [-0.39, 0.29) is 0 Å². The van der Waals surface area contributed by atoms with Gasteiger partial charge in [-0.25, -0.2) is 14.9 Å². The van der Waals surface area contributed by atoms with Crippen molar-refractivity contribution in [1.82, 2.24) is 29.9 Å². The minimum absolute atomic E-state index is 0.304. The SMILES string of the molecule is c1ccc(-c2cc(-c3ccccc3)cc(-c3nc(-c4cc(-c5ccccc5)cc(-c5ccccc5)c4)nc(N(c4ccccc4)c4nc(-c5cc(-c6ccccc6)cc(-c6ccccc6)c5)nc(-c5cc(-c6ccccc6)cc(-c6ccccc6)c5)n4)n3)c2)cc1. The molecule has 15 aromatic rings. The first-order valence-corrected chi connectivity index (χ1v) is 30.5. The van der Waals surface area contributed by atoms with E-state index >= 15 is 0 Å². The maximum absolute atomic E-state index is 5.64. The van der Waals surface area contributed by atoms with Crippen LogP contribution in [0, 0.1) is 0 Å². The quantitative estimate of drug-likeness (QED) is 0.101. The van der Waals surface area contributed by atoms with Crippen molar-refractivity contribution in [3.05, 3.63) is 346 Å². The van der Waals surface area contributed by atoms with Gasteiger partial charge in [0.25, 0.3) is 0 Å². The summed E-state index contributed by atoms with van der Waals surface area (Å²) >= 11 is 0. The van der Waals surface area contributed by atoms with E-state index < -0.39 is 0 Å². The summed E-state index contributed by atoms with van der Waals surface area (Å²) in [6.45, 7) is 0. The lowest BCUT2D eigenvalue weighted by atomic mass is 9.95. The van der Waals surface area contributed by atoms with Crippen molar-refractivity contribution in [3.63, 3.8) is 0 Å². The Bertz CT molecular complexity index is 4180. The molecule has 0 radical (unpaired) electrons. The number of para-hydroxylation sites is 1. The summed E-state index contributed by atoms with van der Waals surface area (Å²) in [5, 5.41) is 0. The zero-order valence-corrected chi connectivity index (χ0v) is 49.5. The lowest BCUT2D eigenvalue weighted by Gasteiger charge is -2.23. The van der Waals surface area contributed by atoms with E-state index in [2.05, 4.69) is 267 Å². The highest BCUT2D eigenvalue weighted by Crippen LogP contribution is 2.41. The van der Waals surface area contributed by atoms with Gasteiger partial charge in [0.2, 0.25) is 11.9 Å². The molecule has 13 aromatic carbocycles. The first-order valence-electron chi connectivity index (χ1n) is 30.5. The molecule has 0 fully saturated rings. The highest BCUT2D eigenvalue weighted by atomic mass is 15.4. The molecule has 0 amide bonds. The van der Waals surface area contributed by atoms with E-state index in [9.17, 15) is 0 Å². The third-order valence-electron chi connectivity index (χ3n) is 16.3. The fourth-order valence-electron chi connectivity index (χ4n) is 11.7. The lowest BCUT2D eigenvalue weighted by molar-refractivity contribution is 0.964. The van der Waals surface area contributed by atoms with Gasteiger partial charge in [-0.05, 0) is 174 Å². The molecule has 0 atom stereocenters. The molecule has 2 heterocycles. The van der Waals surface area contributed by atoms with Crippen LogP contribution in [0.3, 0.4) is 0 Å². The summed E-state index contributed by atoms with van der Waals surface area (Å²) in [6.07, 6.45) is 0. The zero-order valence-electron chi connectivity index (χ0n) is 49.5. The zero-order chi connectivity index (χ0) is 60.7. The molecule has 0 bridgehead atoms. The molecular formula is C84H57N7. The van der Waals surface area contributed by atoms with Crippen LogP contribution >= 0.6 is 0 Å². The van der Waals surface area contributed by atoms with Gasteiger partial charge in [0, 0.05) is 22.3 Å². The van der Waals surface area contributed by atoms with Crippen LogP contribution in [0.1, 0.15) is 0 Å². The summed E-state index contributed by atoms with van der Waals surface area (Å²) in [4.78, 5) is 35.6. The molecule has 0 aliphatic heterocycles. The number of hydrogen-bond acceptors (Lipinski definition) is 7.